The van der Waals surface area contributed by atoms with Crippen LogP contribution in [0.4, 0.5) is 17.2 Å². The Balaban J connectivity index is 2.42. The summed E-state index contributed by atoms with van der Waals surface area (Å²) in [5.74, 6) is -0.795. The Morgan fingerprint density at radius 1 is 1.42 bits per heavy atom. The highest BCUT2D eigenvalue weighted by atomic mass is 35.5. The Bertz CT molecular complexity index is 644. The van der Waals surface area contributed by atoms with Crippen LogP contribution in [0.2, 0.25) is 5.02 Å². The molecule has 1 heterocycles. The maximum Gasteiger partial charge on any atom is 0.337 e. The van der Waals surface area contributed by atoms with E-state index in [4.69, 9.17) is 22.4 Å². The van der Waals surface area contributed by atoms with Crippen molar-refractivity contribution in [3.05, 3.63) is 46.6 Å². The molecule has 0 bridgehead atoms. The first-order chi connectivity index (χ1) is 9.00. The van der Waals surface area contributed by atoms with Gasteiger partial charge in [-0.25, -0.2) is 9.78 Å². The number of carboxylic acid groups (broad SMARTS) is 1. The van der Waals surface area contributed by atoms with Gasteiger partial charge in [0, 0.05) is 16.9 Å². The molecular formula is C13H12ClN3O2. The van der Waals surface area contributed by atoms with Gasteiger partial charge in [-0.3, -0.25) is 0 Å². The third-order valence-corrected chi connectivity index (χ3v) is 3.15. The van der Waals surface area contributed by atoms with Gasteiger partial charge in [-0.05, 0) is 30.7 Å². The summed E-state index contributed by atoms with van der Waals surface area (Å²) in [6.45, 7) is 1.85. The van der Waals surface area contributed by atoms with Gasteiger partial charge >= 0.3 is 5.97 Å². The van der Waals surface area contributed by atoms with E-state index < -0.39 is 5.97 Å². The van der Waals surface area contributed by atoms with Crippen molar-refractivity contribution in [1.82, 2.24) is 4.98 Å². The molecule has 0 radical (unpaired) electrons. The lowest BCUT2D eigenvalue weighted by Gasteiger charge is -2.12. The number of nitrogen functional groups attached to an aromatic ring is 1. The average Bonchev–Trinajstić information content (AvgIpc) is 2.37. The Morgan fingerprint density at radius 3 is 2.84 bits per heavy atom. The number of nitrogens with one attached hydrogen (secondary N) is 1. The molecule has 0 unspecified atom stereocenters. The van der Waals surface area contributed by atoms with Crippen molar-refractivity contribution in [2.24, 2.45) is 0 Å². The number of hydrogen-bond donors (Lipinski definition) is 3. The maximum absolute atomic E-state index is 11.0. The van der Waals surface area contributed by atoms with Crippen LogP contribution in [-0.4, -0.2) is 16.1 Å². The van der Waals surface area contributed by atoms with E-state index in [1.165, 1.54) is 12.3 Å². The van der Waals surface area contributed by atoms with E-state index in [1.807, 2.05) is 13.0 Å². The Labute approximate surface area is 115 Å². The van der Waals surface area contributed by atoms with Gasteiger partial charge in [-0.2, -0.15) is 0 Å². The number of anilines is 3. The van der Waals surface area contributed by atoms with Crippen LogP contribution in [-0.2, 0) is 0 Å². The fourth-order valence-electron chi connectivity index (χ4n) is 1.63. The van der Waals surface area contributed by atoms with Gasteiger partial charge in [0.2, 0.25) is 0 Å². The lowest BCUT2D eigenvalue weighted by atomic mass is 10.2. The third-order valence-electron chi connectivity index (χ3n) is 2.74. The van der Waals surface area contributed by atoms with Gasteiger partial charge in [0.1, 0.15) is 0 Å². The molecule has 19 heavy (non-hydrogen) atoms. The van der Waals surface area contributed by atoms with Gasteiger partial charge in [-0.15, -0.1) is 0 Å². The predicted molar refractivity (Wildman–Crippen MR) is 75.1 cm³/mol. The highest BCUT2D eigenvalue weighted by Gasteiger charge is 2.13. The average molecular weight is 278 g/mol. The minimum absolute atomic E-state index is 0.0113. The number of aromatic nitrogens is 1. The van der Waals surface area contributed by atoms with Crippen LogP contribution >= 0.6 is 11.6 Å². The maximum atomic E-state index is 11.0. The molecule has 4 N–H and O–H groups in total. The van der Waals surface area contributed by atoms with E-state index >= 15 is 0 Å². The summed E-state index contributed by atoms with van der Waals surface area (Å²) in [6, 6.07) is 6.73. The molecule has 0 fully saturated rings. The predicted octanol–water partition coefficient (Wildman–Crippen LogP) is 3.07. The van der Waals surface area contributed by atoms with Crippen LogP contribution in [0.3, 0.4) is 0 Å². The summed E-state index contributed by atoms with van der Waals surface area (Å²) >= 11 is 6.02. The largest absolute Gasteiger partial charge is 0.478 e. The van der Waals surface area contributed by atoms with Gasteiger partial charge < -0.3 is 16.2 Å². The van der Waals surface area contributed by atoms with Gasteiger partial charge in [0.15, 0.2) is 5.82 Å². The van der Waals surface area contributed by atoms with Crippen molar-refractivity contribution in [1.29, 1.82) is 0 Å². The highest BCUT2D eigenvalue weighted by molar-refractivity contribution is 6.31. The Kier molecular flexibility index (Phi) is 3.57. The second-order valence-electron chi connectivity index (χ2n) is 3.96. The molecule has 1 aromatic carbocycles. The van der Waals surface area contributed by atoms with Crippen LogP contribution in [0, 0.1) is 6.92 Å². The molecule has 0 saturated carbocycles. The Hall–Kier alpha value is -2.27. The molecule has 0 aliphatic rings. The van der Waals surface area contributed by atoms with Crippen LogP contribution in [0.25, 0.3) is 0 Å². The zero-order valence-corrected chi connectivity index (χ0v) is 10.9. The molecule has 0 saturated heterocycles. The molecule has 98 valence electrons. The van der Waals surface area contributed by atoms with E-state index in [2.05, 4.69) is 10.3 Å². The minimum Gasteiger partial charge on any atom is -0.478 e. The summed E-state index contributed by atoms with van der Waals surface area (Å²) < 4.78 is 0. The SMILES string of the molecule is Cc1c(Cl)cccc1Nc1nccc(C(=O)O)c1N. The molecule has 0 atom stereocenters. The quantitative estimate of drug-likeness (QED) is 0.802. The van der Waals surface area contributed by atoms with Crippen molar-refractivity contribution in [2.75, 3.05) is 11.1 Å². The number of hydrogen-bond acceptors (Lipinski definition) is 4. The molecular weight excluding hydrogens is 266 g/mol. The second-order valence-corrected chi connectivity index (χ2v) is 4.37. The van der Waals surface area contributed by atoms with Crippen molar-refractivity contribution >= 4 is 34.8 Å². The third kappa shape index (κ3) is 2.61. The number of carbonyl (C=O) groups is 1. The standard InChI is InChI=1S/C13H12ClN3O2/c1-7-9(14)3-2-4-10(7)17-12-11(15)8(13(18)19)5-6-16-12/h2-6H,15H2,1H3,(H,16,17)(H,18,19). The summed E-state index contributed by atoms with van der Waals surface area (Å²) in [6.07, 6.45) is 1.39. The van der Waals surface area contributed by atoms with Gasteiger partial charge in [0.25, 0.3) is 0 Å². The molecule has 5 nitrogen and oxygen atoms in total. The van der Waals surface area contributed by atoms with Crippen molar-refractivity contribution < 1.29 is 9.90 Å². The topological polar surface area (TPSA) is 88.2 Å². The lowest BCUT2D eigenvalue weighted by molar-refractivity contribution is 0.0698. The van der Waals surface area contributed by atoms with Crippen LogP contribution < -0.4 is 11.1 Å². The number of nitrogens with two attached hydrogens (primary N) is 1. The van der Waals surface area contributed by atoms with Crippen molar-refractivity contribution in [3.8, 4) is 0 Å². The van der Waals surface area contributed by atoms with Crippen molar-refractivity contribution in [3.63, 3.8) is 0 Å². The summed E-state index contributed by atoms with van der Waals surface area (Å²) in [5, 5.41) is 12.6. The number of rotatable bonds is 3. The molecule has 6 heteroatoms. The van der Waals surface area contributed by atoms with Gasteiger partial charge in [-0.1, -0.05) is 17.7 Å². The fraction of sp³-hybridized carbons (Fsp3) is 0.0769. The van der Waals surface area contributed by atoms with Crippen LogP contribution in [0.15, 0.2) is 30.5 Å². The van der Waals surface area contributed by atoms with E-state index in [0.717, 1.165) is 11.3 Å². The number of benzene rings is 1. The van der Waals surface area contributed by atoms with E-state index in [9.17, 15) is 4.79 Å². The molecule has 1 aromatic heterocycles. The summed E-state index contributed by atoms with van der Waals surface area (Å²) in [5.41, 5.74) is 7.45. The molecule has 0 aliphatic heterocycles. The zero-order chi connectivity index (χ0) is 14.0. The van der Waals surface area contributed by atoms with Crippen LogP contribution in [0.1, 0.15) is 15.9 Å². The molecule has 2 rings (SSSR count). The first kappa shape index (κ1) is 13.2. The normalized spacial score (nSPS) is 10.2. The van der Waals surface area contributed by atoms with Crippen molar-refractivity contribution in [2.45, 2.75) is 6.92 Å². The summed E-state index contributed by atoms with van der Waals surface area (Å²) in [7, 11) is 0. The number of carboxylic acids is 1. The Morgan fingerprint density at radius 2 is 2.16 bits per heavy atom. The fourth-order valence-corrected chi connectivity index (χ4v) is 1.80. The monoisotopic (exact) mass is 277 g/mol. The first-order valence-corrected chi connectivity index (χ1v) is 5.88. The molecule has 0 aliphatic carbocycles. The first-order valence-electron chi connectivity index (χ1n) is 5.50. The van der Waals surface area contributed by atoms with E-state index in [1.54, 1.807) is 12.1 Å². The zero-order valence-electron chi connectivity index (χ0n) is 10.1. The number of pyridine rings is 1. The van der Waals surface area contributed by atoms with E-state index in [-0.39, 0.29) is 11.3 Å². The number of halogens is 1. The minimum atomic E-state index is -1.09. The summed E-state index contributed by atoms with van der Waals surface area (Å²) in [4.78, 5) is 15.0. The number of nitrogens with zero attached hydrogens (tertiary/aromatic N) is 1. The van der Waals surface area contributed by atoms with Gasteiger partial charge in [0.05, 0.1) is 11.3 Å². The second kappa shape index (κ2) is 5.16. The number of aromatic carboxylic acids is 1. The molecule has 0 amide bonds. The highest BCUT2D eigenvalue weighted by Crippen LogP contribution is 2.28. The lowest BCUT2D eigenvalue weighted by Crippen LogP contribution is -2.07. The van der Waals surface area contributed by atoms with Crippen LogP contribution in [0.5, 0.6) is 0 Å². The van der Waals surface area contributed by atoms with E-state index in [0.29, 0.717) is 10.8 Å². The molecule has 0 spiro atoms. The smallest absolute Gasteiger partial charge is 0.337 e. The molecule has 2 aromatic rings.